The van der Waals surface area contributed by atoms with Gasteiger partial charge in [-0.2, -0.15) is 0 Å². The Labute approximate surface area is 150 Å². The third kappa shape index (κ3) is 4.07. The molecule has 0 aliphatic rings. The number of rotatable bonds is 6. The molecule has 0 saturated carbocycles. The van der Waals surface area contributed by atoms with E-state index in [1.54, 1.807) is 0 Å². The van der Waals surface area contributed by atoms with Crippen molar-refractivity contribution in [3.63, 3.8) is 0 Å². The van der Waals surface area contributed by atoms with Crippen molar-refractivity contribution in [2.75, 3.05) is 18.0 Å². The van der Waals surface area contributed by atoms with Crippen LogP contribution >= 0.6 is 15.9 Å². The third-order valence-corrected chi connectivity index (χ3v) is 5.42. The number of ether oxygens (including phenoxy) is 1. The second kappa shape index (κ2) is 7.36. The highest BCUT2D eigenvalue weighted by molar-refractivity contribution is 9.10. The van der Waals surface area contributed by atoms with Gasteiger partial charge in [-0.3, -0.25) is 9.10 Å². The third-order valence-electron chi connectivity index (χ3n) is 3.17. The molecule has 0 aliphatic heterocycles. The molecule has 2 rings (SSSR count). The first-order valence-corrected chi connectivity index (χ1v) is 8.93. The van der Waals surface area contributed by atoms with Crippen LogP contribution in [0.2, 0.25) is 0 Å². The fourth-order valence-electron chi connectivity index (χ4n) is 2.04. The molecule has 2 aromatic carbocycles. The molecule has 0 bridgehead atoms. The van der Waals surface area contributed by atoms with E-state index in [0.29, 0.717) is 14.8 Å². The zero-order chi connectivity index (χ0) is 18.8. The number of carboxylic acid groups (broad SMARTS) is 1. The number of halogens is 3. The van der Waals surface area contributed by atoms with Gasteiger partial charge in [0.1, 0.15) is 12.4 Å². The summed E-state index contributed by atoms with van der Waals surface area (Å²) < 4.78 is 58.9. The minimum atomic E-state index is -4.53. The van der Waals surface area contributed by atoms with Gasteiger partial charge in [-0.1, -0.05) is 15.9 Å². The Kier molecular flexibility index (Phi) is 5.63. The van der Waals surface area contributed by atoms with Crippen LogP contribution in [0.5, 0.6) is 5.75 Å². The molecule has 25 heavy (non-hydrogen) atoms. The molecule has 10 heteroatoms. The first-order valence-electron chi connectivity index (χ1n) is 6.70. The maximum absolute atomic E-state index is 14.2. The quantitative estimate of drug-likeness (QED) is 0.753. The second-order valence-electron chi connectivity index (χ2n) is 4.80. The van der Waals surface area contributed by atoms with Crippen molar-refractivity contribution in [3.8, 4) is 5.75 Å². The number of carboxylic acids is 1. The summed E-state index contributed by atoms with van der Waals surface area (Å²) in [4.78, 5) is 10.5. The lowest BCUT2D eigenvalue weighted by molar-refractivity contribution is -0.135. The lowest BCUT2D eigenvalue weighted by atomic mass is 10.3. The van der Waals surface area contributed by atoms with E-state index in [1.807, 2.05) is 0 Å². The van der Waals surface area contributed by atoms with Crippen LogP contribution in [0.25, 0.3) is 0 Å². The molecule has 1 N–H and O–H groups in total. The molecule has 0 fully saturated rings. The maximum atomic E-state index is 14.2. The Morgan fingerprint density at radius 3 is 2.40 bits per heavy atom. The average Bonchev–Trinajstić information content (AvgIpc) is 2.52. The van der Waals surface area contributed by atoms with Crippen LogP contribution in [-0.4, -0.2) is 33.1 Å². The van der Waals surface area contributed by atoms with Crippen LogP contribution in [0.15, 0.2) is 45.8 Å². The van der Waals surface area contributed by atoms with Gasteiger partial charge in [0.15, 0.2) is 11.6 Å². The highest BCUT2D eigenvalue weighted by Crippen LogP contribution is 2.30. The number of carbonyl (C=O) groups is 1. The molecule has 0 saturated heterocycles. The van der Waals surface area contributed by atoms with E-state index in [0.717, 1.165) is 24.3 Å². The van der Waals surface area contributed by atoms with E-state index >= 15 is 0 Å². The molecule has 0 spiro atoms. The first-order chi connectivity index (χ1) is 11.7. The van der Waals surface area contributed by atoms with Crippen molar-refractivity contribution in [1.82, 2.24) is 0 Å². The maximum Gasteiger partial charge on any atom is 0.324 e. The van der Waals surface area contributed by atoms with E-state index in [2.05, 4.69) is 15.9 Å². The lowest BCUT2D eigenvalue weighted by Gasteiger charge is -2.23. The summed E-state index contributed by atoms with van der Waals surface area (Å²) in [6.07, 6.45) is 0. The molecule has 6 nitrogen and oxygen atoms in total. The summed E-state index contributed by atoms with van der Waals surface area (Å²) in [5.41, 5.74) is -0.471. The Morgan fingerprint density at radius 2 is 1.88 bits per heavy atom. The average molecular weight is 436 g/mol. The number of methoxy groups -OCH3 is 1. The van der Waals surface area contributed by atoms with Crippen LogP contribution < -0.4 is 9.04 Å². The summed E-state index contributed by atoms with van der Waals surface area (Å²) >= 11 is 3.03. The molecule has 0 heterocycles. The Hall–Kier alpha value is -2.20. The smallest absolute Gasteiger partial charge is 0.324 e. The summed E-state index contributed by atoms with van der Waals surface area (Å²) in [7, 11) is -3.32. The summed E-state index contributed by atoms with van der Waals surface area (Å²) in [5, 5.41) is 9.01. The SMILES string of the molecule is COc1ccc(S(=O)(=O)N(CC(=O)O)c2ccc(Br)cc2F)cc1F. The van der Waals surface area contributed by atoms with E-state index in [-0.39, 0.29) is 5.75 Å². The van der Waals surface area contributed by atoms with Crippen LogP contribution in [0.1, 0.15) is 0 Å². The van der Waals surface area contributed by atoms with Gasteiger partial charge < -0.3 is 9.84 Å². The zero-order valence-electron chi connectivity index (χ0n) is 12.7. The minimum Gasteiger partial charge on any atom is -0.494 e. The highest BCUT2D eigenvalue weighted by atomic mass is 79.9. The number of hydrogen-bond donors (Lipinski definition) is 1. The van der Waals surface area contributed by atoms with E-state index in [1.165, 1.54) is 13.2 Å². The number of hydrogen-bond acceptors (Lipinski definition) is 4. The van der Waals surface area contributed by atoms with Gasteiger partial charge in [0.25, 0.3) is 10.0 Å². The minimum absolute atomic E-state index is 0.182. The molecule has 0 atom stereocenters. The van der Waals surface area contributed by atoms with Crippen LogP contribution in [-0.2, 0) is 14.8 Å². The first kappa shape index (κ1) is 19.1. The van der Waals surface area contributed by atoms with Crippen molar-refractivity contribution in [2.24, 2.45) is 0 Å². The summed E-state index contributed by atoms with van der Waals surface area (Å²) in [6.45, 7) is -1.03. The molecule has 0 amide bonds. The monoisotopic (exact) mass is 435 g/mol. The van der Waals surface area contributed by atoms with Crippen molar-refractivity contribution < 1.29 is 31.8 Å². The summed E-state index contributed by atoms with van der Waals surface area (Å²) in [6, 6.07) is 6.27. The molecule has 2 aromatic rings. The van der Waals surface area contributed by atoms with Crippen molar-refractivity contribution in [2.45, 2.75) is 4.90 Å². The Morgan fingerprint density at radius 1 is 1.20 bits per heavy atom. The molecule has 0 aromatic heterocycles. The summed E-state index contributed by atoms with van der Waals surface area (Å²) in [5.74, 6) is -3.58. The normalized spacial score (nSPS) is 11.2. The van der Waals surface area contributed by atoms with Gasteiger partial charge in [0.2, 0.25) is 0 Å². The number of aliphatic carboxylic acids is 1. The van der Waals surface area contributed by atoms with Gasteiger partial charge in [0, 0.05) is 4.47 Å². The molecule has 0 unspecified atom stereocenters. The van der Waals surface area contributed by atoms with Crippen LogP contribution in [0.3, 0.4) is 0 Å². The largest absolute Gasteiger partial charge is 0.494 e. The standard InChI is InChI=1S/C15H12BrF2NO5S/c1-24-14-5-3-10(7-12(14)18)25(22,23)19(8-15(20)21)13-4-2-9(16)6-11(13)17/h2-7H,8H2,1H3,(H,20,21). The second-order valence-corrected chi connectivity index (χ2v) is 7.58. The fourth-order valence-corrected chi connectivity index (χ4v) is 3.81. The van der Waals surface area contributed by atoms with E-state index in [4.69, 9.17) is 9.84 Å². The predicted octanol–water partition coefficient (Wildman–Crippen LogP) is 3.02. The zero-order valence-corrected chi connectivity index (χ0v) is 15.1. The number of anilines is 1. The molecule has 0 radical (unpaired) electrons. The van der Waals surface area contributed by atoms with Gasteiger partial charge >= 0.3 is 5.97 Å². The highest BCUT2D eigenvalue weighted by Gasteiger charge is 2.30. The Bertz CT molecular complexity index is 920. The molecule has 0 aliphatic carbocycles. The molecule has 134 valence electrons. The van der Waals surface area contributed by atoms with Gasteiger partial charge in [-0.25, -0.2) is 17.2 Å². The van der Waals surface area contributed by atoms with Gasteiger partial charge in [-0.15, -0.1) is 0 Å². The lowest BCUT2D eigenvalue weighted by Crippen LogP contribution is -2.36. The predicted molar refractivity (Wildman–Crippen MR) is 89.2 cm³/mol. The van der Waals surface area contributed by atoms with Crippen molar-refractivity contribution in [1.29, 1.82) is 0 Å². The van der Waals surface area contributed by atoms with E-state index < -0.39 is 44.8 Å². The van der Waals surface area contributed by atoms with Gasteiger partial charge in [0.05, 0.1) is 17.7 Å². The topological polar surface area (TPSA) is 83.9 Å². The fraction of sp³-hybridized carbons (Fsp3) is 0.133. The van der Waals surface area contributed by atoms with Gasteiger partial charge in [-0.05, 0) is 36.4 Å². The van der Waals surface area contributed by atoms with Crippen LogP contribution in [0, 0.1) is 11.6 Å². The molecular weight excluding hydrogens is 424 g/mol. The number of sulfonamides is 1. The number of benzene rings is 2. The number of nitrogens with zero attached hydrogens (tertiary/aromatic N) is 1. The van der Waals surface area contributed by atoms with Crippen molar-refractivity contribution >= 4 is 37.6 Å². The van der Waals surface area contributed by atoms with Crippen LogP contribution in [0.4, 0.5) is 14.5 Å². The Balaban J connectivity index is 2.60. The van der Waals surface area contributed by atoms with Crippen molar-refractivity contribution in [3.05, 3.63) is 52.5 Å². The molecular formula is C15H12BrF2NO5S. The van der Waals surface area contributed by atoms with E-state index in [9.17, 15) is 22.0 Å².